The highest BCUT2D eigenvalue weighted by atomic mass is 16.5. The van der Waals surface area contributed by atoms with Crippen molar-refractivity contribution in [3.05, 3.63) is 83.6 Å². The number of benzene rings is 2. The van der Waals surface area contributed by atoms with Gasteiger partial charge in [-0.15, -0.1) is 10.2 Å². The van der Waals surface area contributed by atoms with Gasteiger partial charge in [0.25, 0.3) is 0 Å². The summed E-state index contributed by atoms with van der Waals surface area (Å²) in [6, 6.07) is 19.8. The number of ether oxygens (including phenoxy) is 1. The monoisotopic (exact) mass is 379 g/mol. The maximum Gasteiger partial charge on any atom is 0.249 e. The fraction of sp³-hybridized carbons (Fsp3) is 0.318. The maximum absolute atomic E-state index is 12.4. The Bertz CT molecular complexity index is 865. The Morgan fingerprint density at radius 3 is 2.39 bits per heavy atom. The first-order chi connectivity index (χ1) is 13.7. The Morgan fingerprint density at radius 1 is 1.04 bits per heavy atom. The first-order valence-corrected chi connectivity index (χ1v) is 9.35. The molecule has 0 radical (unpaired) electrons. The van der Waals surface area contributed by atoms with Gasteiger partial charge in [-0.1, -0.05) is 60.7 Å². The van der Waals surface area contributed by atoms with Crippen molar-refractivity contribution < 1.29 is 13.9 Å². The molecule has 0 aliphatic rings. The number of carbonyl (C=O) groups is 1. The molecule has 0 spiro atoms. The molecule has 1 amide bonds. The average Bonchev–Trinajstić information content (AvgIpc) is 3.21. The van der Waals surface area contributed by atoms with E-state index < -0.39 is 6.10 Å². The molecule has 0 aliphatic carbocycles. The summed E-state index contributed by atoms with van der Waals surface area (Å²) in [5, 5.41) is 8.16. The molecule has 6 heteroatoms. The van der Waals surface area contributed by atoms with Crippen molar-refractivity contribution in [3.63, 3.8) is 0 Å². The van der Waals surface area contributed by atoms with E-state index in [1.807, 2.05) is 55.6 Å². The van der Waals surface area contributed by atoms with Gasteiger partial charge < -0.3 is 14.1 Å². The Balaban J connectivity index is 1.51. The fourth-order valence-electron chi connectivity index (χ4n) is 2.95. The lowest BCUT2D eigenvalue weighted by Crippen LogP contribution is -2.29. The quantitative estimate of drug-likeness (QED) is 0.570. The van der Waals surface area contributed by atoms with Crippen LogP contribution in [0.4, 0.5) is 0 Å². The molecule has 3 aromatic rings. The summed E-state index contributed by atoms with van der Waals surface area (Å²) in [7, 11) is 3.42. The largest absolute Gasteiger partial charge is 0.422 e. The second-order valence-electron chi connectivity index (χ2n) is 6.61. The van der Waals surface area contributed by atoms with Gasteiger partial charge in [0.05, 0.1) is 0 Å². The number of aryl methyl sites for hydroxylation is 1. The van der Waals surface area contributed by atoms with Crippen LogP contribution in [0.25, 0.3) is 0 Å². The molecule has 0 saturated heterocycles. The van der Waals surface area contributed by atoms with Crippen LogP contribution >= 0.6 is 0 Å². The minimum Gasteiger partial charge on any atom is -0.422 e. The van der Waals surface area contributed by atoms with Gasteiger partial charge in [0.1, 0.15) is 0 Å². The van der Waals surface area contributed by atoms with Crippen LogP contribution in [-0.4, -0.2) is 41.7 Å². The minimum absolute atomic E-state index is 0.0574. The van der Waals surface area contributed by atoms with E-state index in [4.69, 9.17) is 9.15 Å². The second kappa shape index (κ2) is 9.80. The Labute approximate surface area is 165 Å². The van der Waals surface area contributed by atoms with Crippen LogP contribution in [0.15, 0.2) is 65.1 Å². The number of amides is 1. The van der Waals surface area contributed by atoms with E-state index in [0.717, 1.165) is 12.0 Å². The van der Waals surface area contributed by atoms with Crippen LogP contribution in [0.5, 0.6) is 0 Å². The number of methoxy groups -OCH3 is 1. The minimum atomic E-state index is -0.410. The molecule has 28 heavy (non-hydrogen) atoms. The molecule has 0 saturated carbocycles. The Hall–Kier alpha value is -2.99. The van der Waals surface area contributed by atoms with Crippen molar-refractivity contribution >= 4 is 5.91 Å². The summed E-state index contributed by atoms with van der Waals surface area (Å²) in [5.41, 5.74) is 2.16. The topological polar surface area (TPSA) is 68.5 Å². The SMILES string of the molecule is COC(c1ccccc1)c1nnc(CCC(=O)N(C)CCc2ccccc2)o1. The van der Waals surface area contributed by atoms with Gasteiger partial charge in [-0.25, -0.2) is 0 Å². The summed E-state index contributed by atoms with van der Waals surface area (Å²) >= 11 is 0. The second-order valence-corrected chi connectivity index (χ2v) is 6.61. The molecule has 2 aromatic carbocycles. The molecule has 1 unspecified atom stereocenters. The molecule has 1 heterocycles. The number of hydrogen-bond acceptors (Lipinski definition) is 5. The summed E-state index contributed by atoms with van der Waals surface area (Å²) in [5.74, 6) is 0.897. The maximum atomic E-state index is 12.4. The number of carbonyl (C=O) groups excluding carboxylic acids is 1. The van der Waals surface area contributed by atoms with E-state index in [9.17, 15) is 4.79 Å². The van der Waals surface area contributed by atoms with Crippen molar-refractivity contribution in [2.24, 2.45) is 0 Å². The molecular weight excluding hydrogens is 354 g/mol. The Kier molecular flexibility index (Phi) is 6.92. The van der Waals surface area contributed by atoms with E-state index in [1.165, 1.54) is 5.56 Å². The van der Waals surface area contributed by atoms with Gasteiger partial charge in [-0.3, -0.25) is 4.79 Å². The van der Waals surface area contributed by atoms with Crippen LogP contribution in [0, 0.1) is 0 Å². The fourth-order valence-corrected chi connectivity index (χ4v) is 2.95. The van der Waals surface area contributed by atoms with Crippen LogP contribution in [-0.2, 0) is 22.4 Å². The van der Waals surface area contributed by atoms with Gasteiger partial charge >= 0.3 is 0 Å². The predicted octanol–water partition coefficient (Wildman–Crippen LogP) is 3.44. The van der Waals surface area contributed by atoms with Crippen molar-refractivity contribution in [2.75, 3.05) is 20.7 Å². The zero-order valence-corrected chi connectivity index (χ0v) is 16.2. The summed E-state index contributed by atoms with van der Waals surface area (Å²) in [4.78, 5) is 14.1. The molecule has 0 N–H and O–H groups in total. The van der Waals surface area contributed by atoms with Crippen LogP contribution < -0.4 is 0 Å². The molecular formula is C22H25N3O3. The van der Waals surface area contributed by atoms with E-state index in [1.54, 1.807) is 12.0 Å². The first-order valence-electron chi connectivity index (χ1n) is 9.35. The average molecular weight is 379 g/mol. The molecule has 3 rings (SSSR count). The number of nitrogens with zero attached hydrogens (tertiary/aromatic N) is 3. The highest BCUT2D eigenvalue weighted by molar-refractivity contribution is 5.76. The van der Waals surface area contributed by atoms with E-state index in [2.05, 4.69) is 22.3 Å². The van der Waals surface area contributed by atoms with Crippen molar-refractivity contribution in [3.8, 4) is 0 Å². The normalized spacial score (nSPS) is 11.9. The van der Waals surface area contributed by atoms with E-state index in [-0.39, 0.29) is 5.91 Å². The molecule has 0 fully saturated rings. The zero-order chi connectivity index (χ0) is 19.8. The van der Waals surface area contributed by atoms with E-state index in [0.29, 0.717) is 31.2 Å². The lowest BCUT2D eigenvalue weighted by Gasteiger charge is -2.16. The zero-order valence-electron chi connectivity index (χ0n) is 16.2. The van der Waals surface area contributed by atoms with Crippen LogP contribution in [0.2, 0.25) is 0 Å². The van der Waals surface area contributed by atoms with Crippen molar-refractivity contribution in [1.82, 2.24) is 15.1 Å². The number of rotatable bonds is 9. The molecule has 0 aliphatic heterocycles. The predicted molar refractivity (Wildman–Crippen MR) is 106 cm³/mol. The summed E-state index contributed by atoms with van der Waals surface area (Å²) < 4.78 is 11.2. The van der Waals surface area contributed by atoms with Gasteiger partial charge in [0.15, 0.2) is 6.10 Å². The highest BCUT2D eigenvalue weighted by Crippen LogP contribution is 2.24. The van der Waals surface area contributed by atoms with Crippen molar-refractivity contribution in [2.45, 2.75) is 25.4 Å². The number of aromatic nitrogens is 2. The molecule has 146 valence electrons. The Morgan fingerprint density at radius 2 is 1.71 bits per heavy atom. The third kappa shape index (κ3) is 5.27. The summed E-state index contributed by atoms with van der Waals surface area (Å²) in [6.45, 7) is 0.678. The molecule has 6 nitrogen and oxygen atoms in total. The first kappa shape index (κ1) is 19.8. The molecule has 1 aromatic heterocycles. The lowest BCUT2D eigenvalue weighted by molar-refractivity contribution is -0.129. The molecule has 1 atom stereocenters. The lowest BCUT2D eigenvalue weighted by atomic mass is 10.1. The number of hydrogen-bond donors (Lipinski definition) is 0. The third-order valence-electron chi connectivity index (χ3n) is 4.60. The van der Waals surface area contributed by atoms with Gasteiger partial charge in [-0.2, -0.15) is 0 Å². The highest BCUT2D eigenvalue weighted by Gasteiger charge is 2.20. The van der Waals surface area contributed by atoms with Gasteiger partial charge in [0, 0.05) is 33.5 Å². The van der Waals surface area contributed by atoms with Gasteiger partial charge in [-0.05, 0) is 17.5 Å². The third-order valence-corrected chi connectivity index (χ3v) is 4.60. The smallest absolute Gasteiger partial charge is 0.249 e. The number of likely N-dealkylation sites (N-methyl/N-ethyl adjacent to an activating group) is 1. The molecule has 0 bridgehead atoms. The van der Waals surface area contributed by atoms with Crippen LogP contribution in [0.1, 0.15) is 35.4 Å². The standard InChI is InChI=1S/C22H25N3O3/c1-25(16-15-17-9-5-3-6-10-17)20(26)14-13-19-23-24-22(28-19)21(27-2)18-11-7-4-8-12-18/h3-12,21H,13-16H2,1-2H3. The van der Waals surface area contributed by atoms with Gasteiger partial charge in [0.2, 0.25) is 17.7 Å². The van der Waals surface area contributed by atoms with Crippen LogP contribution in [0.3, 0.4) is 0 Å². The summed E-state index contributed by atoms with van der Waals surface area (Å²) in [6.07, 6.45) is 1.16. The van der Waals surface area contributed by atoms with E-state index >= 15 is 0 Å². The van der Waals surface area contributed by atoms with Crippen molar-refractivity contribution in [1.29, 1.82) is 0 Å².